The highest BCUT2D eigenvalue weighted by Gasteiger charge is 2.45. The van der Waals surface area contributed by atoms with Crippen molar-refractivity contribution < 1.29 is 23.1 Å². The Morgan fingerprint density at radius 1 is 0.946 bits per heavy atom. The lowest BCUT2D eigenvalue weighted by molar-refractivity contribution is 0.0573. The van der Waals surface area contributed by atoms with Gasteiger partial charge in [-0.15, -0.1) is 0 Å². The van der Waals surface area contributed by atoms with Gasteiger partial charge in [-0.1, -0.05) is 36.4 Å². The van der Waals surface area contributed by atoms with E-state index in [1.54, 1.807) is 49.4 Å². The minimum Gasteiger partial charge on any atom is -0.497 e. The third-order valence-electron chi connectivity index (χ3n) is 7.29. The van der Waals surface area contributed by atoms with Gasteiger partial charge in [0.05, 0.1) is 12.7 Å². The Balaban J connectivity index is 1.86. The molecular formula is C30H32F2N2O3. The Morgan fingerprint density at radius 2 is 1.62 bits per heavy atom. The Kier molecular flexibility index (Phi) is 8.46. The summed E-state index contributed by atoms with van der Waals surface area (Å²) in [5.74, 6) is -3.04. The standard InChI is InChI=1S/C30H32F2N2O3/c1-19-22(11-7-13-26(19)31)28-24(29(35)20-8-6-9-21(16-20)37-3)17-34(15-14-33-2)18-25(28)30(36)23-10-4-5-12-27(23)32/h4-13,16,24-25,28,33H,14-15,17-18H2,1-3H3/t24-,25+,28+/m1/s1. The fourth-order valence-corrected chi connectivity index (χ4v) is 5.35. The lowest BCUT2D eigenvalue weighted by atomic mass is 9.67. The predicted molar refractivity (Wildman–Crippen MR) is 139 cm³/mol. The summed E-state index contributed by atoms with van der Waals surface area (Å²) in [6.07, 6.45) is 0. The van der Waals surface area contributed by atoms with E-state index in [1.165, 1.54) is 31.4 Å². The zero-order valence-corrected chi connectivity index (χ0v) is 21.3. The third-order valence-corrected chi connectivity index (χ3v) is 7.29. The highest BCUT2D eigenvalue weighted by Crippen LogP contribution is 2.42. The van der Waals surface area contributed by atoms with Crippen LogP contribution >= 0.6 is 0 Å². The van der Waals surface area contributed by atoms with Gasteiger partial charge < -0.3 is 15.0 Å². The number of ether oxygens (including phenoxy) is 1. The second-order valence-electron chi connectivity index (χ2n) is 9.50. The Labute approximate surface area is 216 Å². The first kappa shape index (κ1) is 26.6. The van der Waals surface area contributed by atoms with Gasteiger partial charge in [0.25, 0.3) is 0 Å². The second kappa shape index (κ2) is 11.8. The minimum atomic E-state index is -0.748. The van der Waals surface area contributed by atoms with E-state index in [1.807, 2.05) is 7.05 Å². The lowest BCUT2D eigenvalue weighted by Crippen LogP contribution is -2.51. The maximum Gasteiger partial charge on any atom is 0.170 e. The molecule has 1 aliphatic heterocycles. The normalized spacial score (nSPS) is 20.0. The number of carbonyl (C=O) groups excluding carboxylic acids is 2. The van der Waals surface area contributed by atoms with Crippen LogP contribution in [0.1, 0.15) is 37.8 Å². The highest BCUT2D eigenvalue weighted by molar-refractivity contribution is 6.02. The van der Waals surface area contributed by atoms with Crippen LogP contribution in [0.15, 0.2) is 66.7 Å². The van der Waals surface area contributed by atoms with Crippen LogP contribution in [0, 0.1) is 30.4 Å². The van der Waals surface area contributed by atoms with E-state index in [-0.39, 0.29) is 17.1 Å². The molecule has 3 aromatic carbocycles. The fourth-order valence-electron chi connectivity index (χ4n) is 5.35. The van der Waals surface area contributed by atoms with Crippen LogP contribution in [0.4, 0.5) is 8.78 Å². The van der Waals surface area contributed by atoms with Crippen LogP contribution in [-0.2, 0) is 0 Å². The number of rotatable bonds is 9. The Bertz CT molecular complexity index is 1280. The highest BCUT2D eigenvalue weighted by atomic mass is 19.1. The third kappa shape index (κ3) is 5.63. The summed E-state index contributed by atoms with van der Waals surface area (Å²) in [7, 11) is 3.37. The molecule has 0 unspecified atom stereocenters. The zero-order valence-electron chi connectivity index (χ0n) is 21.3. The molecule has 1 N–H and O–H groups in total. The number of likely N-dealkylation sites (N-methyl/N-ethyl adjacent to an activating group) is 1. The van der Waals surface area contributed by atoms with Crippen molar-refractivity contribution in [2.45, 2.75) is 12.8 Å². The summed E-state index contributed by atoms with van der Waals surface area (Å²) < 4.78 is 34.9. The summed E-state index contributed by atoms with van der Waals surface area (Å²) in [6, 6.07) is 17.5. The van der Waals surface area contributed by atoms with Crippen molar-refractivity contribution in [3.8, 4) is 5.75 Å². The first-order chi connectivity index (χ1) is 17.8. The minimum absolute atomic E-state index is 0.0189. The number of likely N-dealkylation sites (tertiary alicyclic amines) is 1. The van der Waals surface area contributed by atoms with E-state index in [0.717, 1.165) is 0 Å². The molecule has 1 saturated heterocycles. The maximum atomic E-state index is 14.8. The number of halogens is 2. The molecule has 1 fully saturated rings. The molecule has 7 heteroatoms. The first-order valence-electron chi connectivity index (χ1n) is 12.4. The van der Waals surface area contributed by atoms with Crippen molar-refractivity contribution in [1.82, 2.24) is 10.2 Å². The molecule has 5 nitrogen and oxygen atoms in total. The van der Waals surface area contributed by atoms with Crippen LogP contribution < -0.4 is 10.1 Å². The van der Waals surface area contributed by atoms with E-state index in [2.05, 4.69) is 10.2 Å². The quantitative estimate of drug-likeness (QED) is 0.419. The number of nitrogens with one attached hydrogen (secondary N) is 1. The van der Waals surface area contributed by atoms with Gasteiger partial charge in [-0.25, -0.2) is 8.78 Å². The first-order valence-corrected chi connectivity index (χ1v) is 12.4. The Morgan fingerprint density at radius 3 is 2.32 bits per heavy atom. The maximum absolute atomic E-state index is 14.8. The predicted octanol–water partition coefficient (Wildman–Crippen LogP) is 4.90. The van der Waals surface area contributed by atoms with Gasteiger partial charge in [0, 0.05) is 49.5 Å². The molecule has 0 aliphatic carbocycles. The molecular weight excluding hydrogens is 474 g/mol. The molecule has 0 aromatic heterocycles. The number of hydrogen-bond donors (Lipinski definition) is 1. The lowest BCUT2D eigenvalue weighted by Gasteiger charge is -2.43. The van der Waals surface area contributed by atoms with Crippen LogP contribution in [-0.4, -0.2) is 56.8 Å². The van der Waals surface area contributed by atoms with E-state index >= 15 is 0 Å². The van der Waals surface area contributed by atoms with Gasteiger partial charge in [0.2, 0.25) is 0 Å². The Hall–Kier alpha value is -3.42. The molecule has 0 saturated carbocycles. The summed E-state index contributed by atoms with van der Waals surface area (Å²) >= 11 is 0. The van der Waals surface area contributed by atoms with E-state index in [9.17, 15) is 18.4 Å². The number of Topliss-reactive ketones (excluding diaryl/α,β-unsaturated/α-hetero) is 2. The number of nitrogens with zero attached hydrogens (tertiary/aromatic N) is 1. The van der Waals surface area contributed by atoms with Gasteiger partial charge in [0.1, 0.15) is 17.4 Å². The molecule has 1 heterocycles. The molecule has 4 rings (SSSR count). The van der Waals surface area contributed by atoms with Gasteiger partial charge in [-0.3, -0.25) is 9.59 Å². The summed E-state index contributed by atoms with van der Waals surface area (Å²) in [5, 5.41) is 3.11. The number of benzene rings is 3. The topological polar surface area (TPSA) is 58.6 Å². The van der Waals surface area contributed by atoms with Crippen molar-refractivity contribution in [3.05, 3.63) is 101 Å². The number of carbonyl (C=O) groups is 2. The van der Waals surface area contributed by atoms with Crippen LogP contribution in [0.25, 0.3) is 0 Å². The zero-order chi connectivity index (χ0) is 26.5. The van der Waals surface area contributed by atoms with Crippen molar-refractivity contribution in [3.63, 3.8) is 0 Å². The smallest absolute Gasteiger partial charge is 0.170 e. The number of methoxy groups -OCH3 is 1. The van der Waals surface area contributed by atoms with Gasteiger partial charge in [0.15, 0.2) is 11.6 Å². The van der Waals surface area contributed by atoms with Gasteiger partial charge in [-0.05, 0) is 55.4 Å². The molecule has 0 amide bonds. The molecule has 37 heavy (non-hydrogen) atoms. The van der Waals surface area contributed by atoms with Crippen LogP contribution in [0.5, 0.6) is 5.75 Å². The largest absolute Gasteiger partial charge is 0.497 e. The van der Waals surface area contributed by atoms with Crippen molar-refractivity contribution in [2.75, 3.05) is 40.3 Å². The molecule has 3 atom stereocenters. The number of hydrogen-bond acceptors (Lipinski definition) is 5. The van der Waals surface area contributed by atoms with E-state index < -0.39 is 29.4 Å². The van der Waals surface area contributed by atoms with Crippen LogP contribution in [0.2, 0.25) is 0 Å². The van der Waals surface area contributed by atoms with E-state index in [4.69, 9.17) is 4.74 Å². The molecule has 1 aliphatic rings. The SMILES string of the molecule is CNCCN1C[C@H](C(=O)c2ccccc2F)[C@@H](c2cccc(F)c2C)[C@H](C(=O)c2cccc(OC)c2)C1. The molecule has 194 valence electrons. The second-order valence-corrected chi connectivity index (χ2v) is 9.50. The van der Waals surface area contributed by atoms with Crippen molar-refractivity contribution in [2.24, 2.45) is 11.8 Å². The average molecular weight is 507 g/mol. The van der Waals surface area contributed by atoms with E-state index in [0.29, 0.717) is 48.6 Å². The molecule has 0 radical (unpaired) electrons. The van der Waals surface area contributed by atoms with Crippen LogP contribution in [0.3, 0.4) is 0 Å². The molecule has 0 bridgehead atoms. The van der Waals surface area contributed by atoms with Crippen molar-refractivity contribution in [1.29, 1.82) is 0 Å². The number of ketones is 2. The molecule has 0 spiro atoms. The van der Waals surface area contributed by atoms with Gasteiger partial charge >= 0.3 is 0 Å². The average Bonchev–Trinajstić information content (AvgIpc) is 2.92. The summed E-state index contributed by atoms with van der Waals surface area (Å²) in [4.78, 5) is 30.0. The number of piperidine rings is 1. The summed E-state index contributed by atoms with van der Waals surface area (Å²) in [5.41, 5.74) is 1.43. The monoisotopic (exact) mass is 506 g/mol. The van der Waals surface area contributed by atoms with Crippen molar-refractivity contribution >= 4 is 11.6 Å². The fraction of sp³-hybridized carbons (Fsp3) is 0.333. The van der Waals surface area contributed by atoms with Gasteiger partial charge in [-0.2, -0.15) is 0 Å². The molecule has 3 aromatic rings. The summed E-state index contributed by atoms with van der Waals surface area (Å²) in [6.45, 7) is 3.64.